The Balaban J connectivity index is 1.98. The van der Waals surface area contributed by atoms with E-state index in [0.717, 1.165) is 13.2 Å². The minimum Gasteiger partial charge on any atom is -0.380 e. The van der Waals surface area contributed by atoms with Crippen molar-refractivity contribution in [3.63, 3.8) is 0 Å². The molecule has 0 bridgehead atoms. The zero-order chi connectivity index (χ0) is 12.1. The number of aryl methyl sites for hydroxylation is 1. The first kappa shape index (κ1) is 12.5. The van der Waals surface area contributed by atoms with Crippen LogP contribution < -0.4 is 5.32 Å². The van der Waals surface area contributed by atoms with Crippen molar-refractivity contribution in [2.45, 2.75) is 45.2 Å². The molecular formula is C14H22N2O. The minimum atomic E-state index is 0.382. The Kier molecular flexibility index (Phi) is 4.51. The van der Waals surface area contributed by atoms with Gasteiger partial charge in [0.15, 0.2) is 0 Å². The Morgan fingerprint density at radius 3 is 3.29 bits per heavy atom. The van der Waals surface area contributed by atoms with Crippen LogP contribution in [0.4, 0.5) is 0 Å². The van der Waals surface area contributed by atoms with Crippen LogP contribution in [0.5, 0.6) is 0 Å². The van der Waals surface area contributed by atoms with Gasteiger partial charge in [0, 0.05) is 18.8 Å². The third kappa shape index (κ3) is 3.27. The number of hydrogen-bond acceptors (Lipinski definition) is 3. The Hall–Kier alpha value is -0.930. The molecule has 1 aliphatic rings. The largest absolute Gasteiger partial charge is 0.380 e. The van der Waals surface area contributed by atoms with E-state index in [1.54, 1.807) is 0 Å². The zero-order valence-corrected chi connectivity index (χ0v) is 10.8. The van der Waals surface area contributed by atoms with Gasteiger partial charge in [-0.15, -0.1) is 0 Å². The number of fused-ring (bicyclic) bond motifs is 1. The van der Waals surface area contributed by atoms with Crippen LogP contribution in [0, 0.1) is 0 Å². The third-order valence-corrected chi connectivity index (χ3v) is 3.25. The van der Waals surface area contributed by atoms with Gasteiger partial charge < -0.3 is 10.1 Å². The number of nitrogens with zero attached hydrogens (tertiary/aromatic N) is 1. The quantitative estimate of drug-likeness (QED) is 0.850. The smallest absolute Gasteiger partial charge is 0.0616 e. The van der Waals surface area contributed by atoms with Crippen LogP contribution in [0.1, 0.15) is 44.0 Å². The molecule has 17 heavy (non-hydrogen) atoms. The predicted octanol–water partition coefficient (Wildman–Crippen LogP) is 2.47. The molecule has 2 atom stereocenters. The van der Waals surface area contributed by atoms with E-state index in [1.807, 2.05) is 19.2 Å². The first-order valence-electron chi connectivity index (χ1n) is 6.59. The lowest BCUT2D eigenvalue weighted by Gasteiger charge is -2.28. The average molecular weight is 234 g/mol. The summed E-state index contributed by atoms with van der Waals surface area (Å²) in [6, 6.07) is 5.01. The molecule has 0 saturated carbocycles. The van der Waals surface area contributed by atoms with Crippen molar-refractivity contribution in [3.8, 4) is 0 Å². The molecule has 0 aromatic carbocycles. The van der Waals surface area contributed by atoms with Crippen LogP contribution in [-0.2, 0) is 11.2 Å². The van der Waals surface area contributed by atoms with Gasteiger partial charge in [-0.3, -0.25) is 4.98 Å². The number of aromatic nitrogens is 1. The summed E-state index contributed by atoms with van der Waals surface area (Å²) < 4.78 is 5.44. The second kappa shape index (κ2) is 6.12. The topological polar surface area (TPSA) is 34.1 Å². The van der Waals surface area contributed by atoms with Gasteiger partial charge in [0.05, 0.1) is 18.3 Å². The van der Waals surface area contributed by atoms with Gasteiger partial charge in [0.2, 0.25) is 0 Å². The zero-order valence-electron chi connectivity index (χ0n) is 10.8. The van der Waals surface area contributed by atoms with Crippen molar-refractivity contribution in [2.75, 3.05) is 13.2 Å². The van der Waals surface area contributed by atoms with E-state index in [0.29, 0.717) is 12.1 Å². The molecule has 0 aliphatic heterocycles. The fourth-order valence-electron chi connectivity index (χ4n) is 2.46. The van der Waals surface area contributed by atoms with Crippen LogP contribution in [0.2, 0.25) is 0 Å². The minimum absolute atomic E-state index is 0.382. The highest BCUT2D eigenvalue weighted by Gasteiger charge is 2.22. The van der Waals surface area contributed by atoms with Crippen LogP contribution in [0.25, 0.3) is 0 Å². The van der Waals surface area contributed by atoms with Crippen LogP contribution in [0.15, 0.2) is 18.3 Å². The van der Waals surface area contributed by atoms with Crippen molar-refractivity contribution in [1.82, 2.24) is 10.3 Å². The summed E-state index contributed by atoms with van der Waals surface area (Å²) in [5.74, 6) is 0. The summed E-state index contributed by atoms with van der Waals surface area (Å²) in [5.41, 5.74) is 2.64. The van der Waals surface area contributed by atoms with E-state index in [-0.39, 0.29) is 0 Å². The predicted molar refractivity (Wildman–Crippen MR) is 69.0 cm³/mol. The SMILES string of the molecule is CCOCC(C)NC1CCCc2cccnc21. The highest BCUT2D eigenvalue weighted by molar-refractivity contribution is 5.25. The maximum Gasteiger partial charge on any atom is 0.0616 e. The van der Waals surface area contributed by atoms with Gasteiger partial charge in [-0.2, -0.15) is 0 Å². The lowest BCUT2D eigenvalue weighted by atomic mass is 9.91. The van der Waals surface area contributed by atoms with Gasteiger partial charge in [-0.25, -0.2) is 0 Å². The van der Waals surface area contributed by atoms with Gasteiger partial charge in [0.1, 0.15) is 0 Å². The monoisotopic (exact) mass is 234 g/mol. The molecule has 3 nitrogen and oxygen atoms in total. The van der Waals surface area contributed by atoms with Crippen molar-refractivity contribution in [1.29, 1.82) is 0 Å². The van der Waals surface area contributed by atoms with E-state index in [2.05, 4.69) is 23.3 Å². The molecule has 1 heterocycles. The van der Waals surface area contributed by atoms with Crippen molar-refractivity contribution in [2.24, 2.45) is 0 Å². The number of nitrogens with one attached hydrogen (secondary N) is 1. The second-order valence-corrected chi connectivity index (χ2v) is 4.72. The van der Waals surface area contributed by atoms with E-state index in [1.165, 1.54) is 30.5 Å². The summed E-state index contributed by atoms with van der Waals surface area (Å²) in [5, 5.41) is 3.62. The van der Waals surface area contributed by atoms with Crippen molar-refractivity contribution < 1.29 is 4.74 Å². The van der Waals surface area contributed by atoms with E-state index >= 15 is 0 Å². The molecule has 0 saturated heterocycles. The molecule has 0 spiro atoms. The molecule has 1 aromatic heterocycles. The Morgan fingerprint density at radius 2 is 2.47 bits per heavy atom. The molecule has 0 radical (unpaired) electrons. The fraction of sp³-hybridized carbons (Fsp3) is 0.643. The van der Waals surface area contributed by atoms with E-state index < -0.39 is 0 Å². The number of hydrogen-bond donors (Lipinski definition) is 1. The summed E-state index contributed by atoms with van der Waals surface area (Å²) in [6.45, 7) is 5.76. The molecule has 2 rings (SSSR count). The molecule has 94 valence electrons. The van der Waals surface area contributed by atoms with Crippen molar-refractivity contribution >= 4 is 0 Å². The van der Waals surface area contributed by atoms with Crippen LogP contribution in [0.3, 0.4) is 0 Å². The van der Waals surface area contributed by atoms with Gasteiger partial charge >= 0.3 is 0 Å². The molecule has 1 aromatic rings. The first-order valence-corrected chi connectivity index (χ1v) is 6.59. The standard InChI is InChI=1S/C14H22N2O/c1-3-17-10-11(2)16-13-8-4-6-12-7-5-9-15-14(12)13/h5,7,9,11,13,16H,3-4,6,8,10H2,1-2H3. The fourth-order valence-corrected chi connectivity index (χ4v) is 2.46. The summed E-state index contributed by atoms with van der Waals surface area (Å²) in [4.78, 5) is 4.53. The van der Waals surface area contributed by atoms with Crippen LogP contribution in [-0.4, -0.2) is 24.2 Å². The summed E-state index contributed by atoms with van der Waals surface area (Å²) >= 11 is 0. The first-order chi connectivity index (χ1) is 8.31. The Labute approximate surface area is 104 Å². The lowest BCUT2D eigenvalue weighted by molar-refractivity contribution is 0.122. The third-order valence-electron chi connectivity index (χ3n) is 3.25. The molecule has 0 amide bonds. The van der Waals surface area contributed by atoms with Crippen LogP contribution >= 0.6 is 0 Å². The van der Waals surface area contributed by atoms with Gasteiger partial charge in [-0.05, 0) is 44.7 Å². The molecule has 0 fully saturated rings. The van der Waals surface area contributed by atoms with E-state index in [4.69, 9.17) is 4.74 Å². The second-order valence-electron chi connectivity index (χ2n) is 4.72. The highest BCUT2D eigenvalue weighted by atomic mass is 16.5. The average Bonchev–Trinajstić information content (AvgIpc) is 2.37. The lowest BCUT2D eigenvalue weighted by Crippen LogP contribution is -2.36. The maximum absolute atomic E-state index is 5.44. The number of rotatable bonds is 5. The maximum atomic E-state index is 5.44. The molecular weight excluding hydrogens is 212 g/mol. The molecule has 3 heteroatoms. The highest BCUT2D eigenvalue weighted by Crippen LogP contribution is 2.27. The Morgan fingerprint density at radius 1 is 1.59 bits per heavy atom. The number of pyridine rings is 1. The molecule has 2 unspecified atom stereocenters. The summed E-state index contributed by atoms with van der Waals surface area (Å²) in [7, 11) is 0. The normalized spacial score (nSPS) is 20.9. The van der Waals surface area contributed by atoms with E-state index in [9.17, 15) is 0 Å². The molecule has 1 aliphatic carbocycles. The van der Waals surface area contributed by atoms with Gasteiger partial charge in [0.25, 0.3) is 0 Å². The number of ether oxygens (including phenoxy) is 1. The molecule has 1 N–H and O–H groups in total. The Bertz CT molecular complexity index is 354. The summed E-state index contributed by atoms with van der Waals surface area (Å²) in [6.07, 6.45) is 5.49. The van der Waals surface area contributed by atoms with Gasteiger partial charge in [-0.1, -0.05) is 6.07 Å². The van der Waals surface area contributed by atoms with Crippen molar-refractivity contribution in [3.05, 3.63) is 29.6 Å².